The Balaban J connectivity index is 2.60. The molecule has 0 fully saturated rings. The van der Waals surface area contributed by atoms with E-state index in [0.29, 0.717) is 0 Å². The monoisotopic (exact) mass is 374 g/mol. The van der Waals surface area contributed by atoms with Gasteiger partial charge in [0, 0.05) is 22.3 Å². The number of rotatable bonds is 5. The van der Waals surface area contributed by atoms with Crippen molar-refractivity contribution in [2.45, 2.75) is 72.8 Å². The van der Waals surface area contributed by atoms with Gasteiger partial charge in [-0.1, -0.05) is 71.2 Å². The van der Waals surface area contributed by atoms with Crippen LogP contribution in [-0.4, -0.2) is 6.10 Å². The van der Waals surface area contributed by atoms with Crippen molar-refractivity contribution in [1.29, 1.82) is 0 Å². The fourth-order valence-electron chi connectivity index (χ4n) is 3.09. The summed E-state index contributed by atoms with van der Waals surface area (Å²) >= 11 is 0. The molecular formula is C27H34O. The minimum Gasteiger partial charge on any atom is -0.490 e. The second kappa shape index (κ2) is 9.16. The third-order valence-corrected chi connectivity index (χ3v) is 5.20. The summed E-state index contributed by atoms with van der Waals surface area (Å²) in [5, 5.41) is 0. The first-order valence-electron chi connectivity index (χ1n) is 10.3. The minimum absolute atomic E-state index is 0.0482. The lowest BCUT2D eigenvalue weighted by atomic mass is 9.82. The molecule has 148 valence electrons. The SMILES string of the molecule is C=Cc1c(C)c(C#Cc2ccc(CC)cc2)cc(C(C)(C)C)c1OC(C)CC. The summed E-state index contributed by atoms with van der Waals surface area (Å²) in [7, 11) is 0. The second-order valence-corrected chi connectivity index (χ2v) is 8.43. The Morgan fingerprint density at radius 2 is 1.75 bits per heavy atom. The summed E-state index contributed by atoms with van der Waals surface area (Å²) in [6.07, 6.45) is 4.08. The van der Waals surface area contributed by atoms with Crippen molar-refractivity contribution in [3.63, 3.8) is 0 Å². The van der Waals surface area contributed by atoms with Gasteiger partial charge < -0.3 is 4.74 Å². The normalized spacial score (nSPS) is 12.1. The van der Waals surface area contributed by atoms with E-state index < -0.39 is 0 Å². The first kappa shape index (κ1) is 21.8. The minimum atomic E-state index is -0.0482. The molecule has 0 spiro atoms. The van der Waals surface area contributed by atoms with Crippen LogP contribution in [-0.2, 0) is 11.8 Å². The zero-order valence-corrected chi connectivity index (χ0v) is 18.6. The van der Waals surface area contributed by atoms with Gasteiger partial charge in [-0.2, -0.15) is 0 Å². The molecule has 0 saturated carbocycles. The van der Waals surface area contributed by atoms with Gasteiger partial charge in [-0.05, 0) is 61.4 Å². The predicted octanol–water partition coefficient (Wildman–Crippen LogP) is 7.08. The van der Waals surface area contributed by atoms with Crippen molar-refractivity contribution >= 4 is 6.08 Å². The molecule has 0 bridgehead atoms. The van der Waals surface area contributed by atoms with Crippen LogP contribution in [0.1, 0.15) is 81.3 Å². The van der Waals surface area contributed by atoms with Gasteiger partial charge in [0.15, 0.2) is 0 Å². The molecule has 2 aromatic rings. The number of ether oxygens (including phenoxy) is 1. The maximum absolute atomic E-state index is 6.35. The van der Waals surface area contributed by atoms with Crippen molar-refractivity contribution in [3.05, 3.63) is 70.3 Å². The molecule has 2 rings (SSSR count). The molecule has 1 nitrogen and oxygen atoms in total. The fraction of sp³-hybridized carbons (Fsp3) is 0.407. The average molecular weight is 375 g/mol. The summed E-state index contributed by atoms with van der Waals surface area (Å²) in [5.41, 5.74) is 6.71. The van der Waals surface area contributed by atoms with Gasteiger partial charge in [-0.25, -0.2) is 0 Å². The molecule has 0 radical (unpaired) electrons. The van der Waals surface area contributed by atoms with E-state index in [2.05, 4.69) is 97.2 Å². The fourth-order valence-corrected chi connectivity index (χ4v) is 3.09. The van der Waals surface area contributed by atoms with Crippen LogP contribution in [0.5, 0.6) is 5.75 Å². The molecule has 1 atom stereocenters. The van der Waals surface area contributed by atoms with E-state index in [1.54, 1.807) is 0 Å². The van der Waals surface area contributed by atoms with E-state index in [0.717, 1.165) is 40.8 Å². The summed E-state index contributed by atoms with van der Waals surface area (Å²) in [5.74, 6) is 7.68. The summed E-state index contributed by atoms with van der Waals surface area (Å²) in [6.45, 7) is 19.2. The van der Waals surface area contributed by atoms with Crippen LogP contribution in [0.4, 0.5) is 0 Å². The molecule has 0 aliphatic rings. The smallest absolute Gasteiger partial charge is 0.130 e. The molecule has 0 aromatic heterocycles. The van der Waals surface area contributed by atoms with E-state index in [9.17, 15) is 0 Å². The Labute approximate surface area is 171 Å². The first-order chi connectivity index (χ1) is 13.2. The lowest BCUT2D eigenvalue weighted by molar-refractivity contribution is 0.212. The molecule has 0 heterocycles. The maximum Gasteiger partial charge on any atom is 0.130 e. The summed E-state index contributed by atoms with van der Waals surface area (Å²) in [4.78, 5) is 0. The first-order valence-corrected chi connectivity index (χ1v) is 10.3. The molecule has 1 heteroatoms. The third-order valence-electron chi connectivity index (χ3n) is 5.20. The highest BCUT2D eigenvalue weighted by atomic mass is 16.5. The summed E-state index contributed by atoms with van der Waals surface area (Å²) in [6, 6.07) is 10.7. The van der Waals surface area contributed by atoms with Crippen LogP contribution in [0.2, 0.25) is 0 Å². The molecule has 0 amide bonds. The Kier molecular flexibility index (Phi) is 7.14. The molecule has 1 unspecified atom stereocenters. The van der Waals surface area contributed by atoms with Crippen LogP contribution in [0.25, 0.3) is 6.08 Å². The van der Waals surface area contributed by atoms with Gasteiger partial charge in [0.25, 0.3) is 0 Å². The largest absolute Gasteiger partial charge is 0.490 e. The number of hydrogen-bond acceptors (Lipinski definition) is 1. The third kappa shape index (κ3) is 5.08. The van der Waals surface area contributed by atoms with Crippen molar-refractivity contribution in [1.82, 2.24) is 0 Å². The molecule has 0 saturated heterocycles. The summed E-state index contributed by atoms with van der Waals surface area (Å²) < 4.78 is 6.35. The van der Waals surface area contributed by atoms with E-state index in [1.165, 1.54) is 11.1 Å². The highest BCUT2D eigenvalue weighted by Crippen LogP contribution is 2.39. The Hall–Kier alpha value is -2.46. The van der Waals surface area contributed by atoms with Crippen LogP contribution in [0.15, 0.2) is 36.9 Å². The van der Waals surface area contributed by atoms with Crippen LogP contribution in [0.3, 0.4) is 0 Å². The quantitative estimate of drug-likeness (QED) is 0.508. The van der Waals surface area contributed by atoms with Crippen molar-refractivity contribution in [3.8, 4) is 17.6 Å². The van der Waals surface area contributed by atoms with Gasteiger partial charge in [-0.15, -0.1) is 0 Å². The molecule has 28 heavy (non-hydrogen) atoms. The van der Waals surface area contributed by atoms with E-state index in [1.807, 2.05) is 6.08 Å². The Morgan fingerprint density at radius 3 is 2.25 bits per heavy atom. The van der Waals surface area contributed by atoms with Crippen LogP contribution < -0.4 is 4.74 Å². The van der Waals surface area contributed by atoms with Gasteiger partial charge in [0.05, 0.1) is 6.10 Å². The van der Waals surface area contributed by atoms with Gasteiger partial charge >= 0.3 is 0 Å². The predicted molar refractivity (Wildman–Crippen MR) is 122 cm³/mol. The lowest BCUT2D eigenvalue weighted by Gasteiger charge is -2.28. The maximum atomic E-state index is 6.35. The topological polar surface area (TPSA) is 9.23 Å². The second-order valence-electron chi connectivity index (χ2n) is 8.43. The molecule has 0 aliphatic carbocycles. The molecule has 0 aliphatic heterocycles. The standard InChI is InChI=1S/C27H34O/c1-9-19(4)28-26-24(11-3)20(5)23(18-25(26)27(6,7)8)17-16-22-14-12-21(10-2)13-15-22/h11-15,18-19H,3,9-10H2,1-2,4-8H3. The Morgan fingerprint density at radius 1 is 1.11 bits per heavy atom. The Bertz CT molecular complexity index is 883. The lowest BCUT2D eigenvalue weighted by Crippen LogP contribution is -2.19. The molecule has 0 N–H and O–H groups in total. The van der Waals surface area contributed by atoms with Gasteiger partial charge in [0.1, 0.15) is 5.75 Å². The van der Waals surface area contributed by atoms with E-state index in [-0.39, 0.29) is 11.5 Å². The van der Waals surface area contributed by atoms with Gasteiger partial charge in [-0.3, -0.25) is 0 Å². The average Bonchev–Trinajstić information content (AvgIpc) is 2.66. The highest BCUT2D eigenvalue weighted by Gasteiger charge is 2.24. The zero-order valence-electron chi connectivity index (χ0n) is 18.6. The number of benzene rings is 2. The van der Waals surface area contributed by atoms with E-state index >= 15 is 0 Å². The van der Waals surface area contributed by atoms with Crippen molar-refractivity contribution < 1.29 is 4.74 Å². The zero-order chi connectivity index (χ0) is 20.9. The molecular weight excluding hydrogens is 340 g/mol. The van der Waals surface area contributed by atoms with Crippen LogP contribution in [0, 0.1) is 18.8 Å². The number of hydrogen-bond donors (Lipinski definition) is 0. The van der Waals surface area contributed by atoms with Crippen molar-refractivity contribution in [2.24, 2.45) is 0 Å². The highest BCUT2D eigenvalue weighted by molar-refractivity contribution is 5.68. The molecule has 2 aromatic carbocycles. The van der Waals surface area contributed by atoms with E-state index in [4.69, 9.17) is 4.74 Å². The van der Waals surface area contributed by atoms with Crippen LogP contribution >= 0.6 is 0 Å². The number of aryl methyl sites for hydroxylation is 1. The van der Waals surface area contributed by atoms with Gasteiger partial charge in [0.2, 0.25) is 0 Å². The van der Waals surface area contributed by atoms with Crippen molar-refractivity contribution in [2.75, 3.05) is 0 Å².